The number of anilines is 1. The molecule has 10 heteroatoms. The smallest absolute Gasteiger partial charge is 0.318 e. The van der Waals surface area contributed by atoms with E-state index in [0.29, 0.717) is 44.2 Å². The molecule has 8 nitrogen and oxygen atoms in total. The number of hydrogen-bond donors (Lipinski definition) is 2. The molecule has 3 aliphatic heterocycles. The molecule has 5 fully saturated rings. The summed E-state index contributed by atoms with van der Waals surface area (Å²) in [6.07, 6.45) is 15.5. The first kappa shape index (κ1) is 39.6. The summed E-state index contributed by atoms with van der Waals surface area (Å²) in [6, 6.07) is 3.03. The molecule has 4 heterocycles. The molecule has 8 rings (SSSR count). The molecular weight excluding hydrogens is 689 g/mol. The number of β-amino-alcohol motifs (C(OH)–C–C–N with tert-alkyl or cyclic N) is 1. The number of nitrogens with zero attached hydrogens (tertiary/aromatic N) is 4. The van der Waals surface area contributed by atoms with Crippen molar-refractivity contribution in [2.24, 2.45) is 5.73 Å². The number of hydrogen-bond acceptors (Lipinski definition) is 8. The number of rotatable bonds is 9. The largest absolute Gasteiger partial charge is 0.467 e. The van der Waals surface area contributed by atoms with Gasteiger partial charge in [0.15, 0.2) is 0 Å². The highest BCUT2D eigenvalue weighted by atomic mass is 35.5. The summed E-state index contributed by atoms with van der Waals surface area (Å²) < 4.78 is 24.1. The number of aliphatic hydroxyl groups is 1. The number of aromatic nitrogens is 2. The lowest BCUT2D eigenvalue weighted by Gasteiger charge is -2.30. The van der Waals surface area contributed by atoms with Crippen LogP contribution in [0.4, 0.5) is 10.2 Å². The van der Waals surface area contributed by atoms with E-state index in [1.165, 1.54) is 31.0 Å². The number of alkyl halides is 1. The van der Waals surface area contributed by atoms with Gasteiger partial charge in [0.05, 0.1) is 32.6 Å². The maximum atomic E-state index is 12.6. The number of allylic oxidation sites excluding steroid dienone is 5. The van der Waals surface area contributed by atoms with Gasteiger partial charge in [-0.15, -0.1) is 0 Å². The first-order chi connectivity index (χ1) is 25.5. The Morgan fingerprint density at radius 1 is 1.23 bits per heavy atom. The highest BCUT2D eigenvalue weighted by molar-refractivity contribution is 6.32. The zero-order chi connectivity index (χ0) is 38.1. The Morgan fingerprint density at radius 3 is 2.62 bits per heavy atom. The number of ether oxygens (including phenoxy) is 2. The third-order valence-corrected chi connectivity index (χ3v) is 11.9. The molecule has 3 aliphatic carbocycles. The Kier molecular flexibility index (Phi) is 12.2. The number of fused-ring (bicyclic) bond motifs is 3. The van der Waals surface area contributed by atoms with E-state index in [1.807, 2.05) is 13.0 Å². The molecule has 3 N–H and O–H groups in total. The van der Waals surface area contributed by atoms with Crippen LogP contribution in [0.5, 0.6) is 6.01 Å². The second kappa shape index (κ2) is 16.3. The lowest BCUT2D eigenvalue weighted by Crippen LogP contribution is -2.42. The standard InChI is InChI=1S/C35H42ClN3O3.C7H12FN.CH5N/c1-7-9-10-11-25-29-31(37-33(41-6)38-32(29)39-16-17-42-20-34(5,40)19-39)35(14-15-35)30(25)22(4)27-24(8-2)21(3)18-26(36)28(27)23-12-13-23;8-6-4-7-2-1-3-9(7)5-6;1-2/h8,10-11,18,23,40H,2,4,7,9,12-17,19-20H2,1,3,5-6H3;6-7H,1-5H2;2H2,1H3/b11-10-;;. The van der Waals surface area contributed by atoms with E-state index in [1.54, 1.807) is 7.11 Å². The van der Waals surface area contributed by atoms with Gasteiger partial charge in [0.25, 0.3) is 0 Å². The topological polar surface area (TPSA) is 97.0 Å². The average Bonchev–Trinajstić information content (AvgIpc) is 4.04. The molecular formula is C43H59ClFN5O3. The Labute approximate surface area is 321 Å². The minimum Gasteiger partial charge on any atom is -0.467 e. The van der Waals surface area contributed by atoms with Gasteiger partial charge in [0.2, 0.25) is 0 Å². The second-order valence-electron chi connectivity index (χ2n) is 15.7. The summed E-state index contributed by atoms with van der Waals surface area (Å²) >= 11 is 6.99. The van der Waals surface area contributed by atoms with Crippen molar-refractivity contribution in [1.29, 1.82) is 0 Å². The average molecular weight is 748 g/mol. The van der Waals surface area contributed by atoms with Crippen LogP contribution in [-0.2, 0) is 10.2 Å². The number of unbranched alkanes of at least 4 members (excludes halogenated alkanes) is 1. The van der Waals surface area contributed by atoms with Gasteiger partial charge in [-0.1, -0.05) is 56.3 Å². The van der Waals surface area contributed by atoms with Gasteiger partial charge in [-0.25, -0.2) is 4.39 Å². The van der Waals surface area contributed by atoms with E-state index in [0.717, 1.165) is 101 Å². The van der Waals surface area contributed by atoms with Gasteiger partial charge in [-0.2, -0.15) is 9.97 Å². The zero-order valence-corrected chi connectivity index (χ0v) is 33.2. The van der Waals surface area contributed by atoms with Crippen LogP contribution in [0.2, 0.25) is 5.02 Å². The van der Waals surface area contributed by atoms with Gasteiger partial charge < -0.3 is 25.2 Å². The molecule has 1 spiro atoms. The molecule has 1 aromatic heterocycles. The van der Waals surface area contributed by atoms with Crippen molar-refractivity contribution in [3.05, 3.63) is 75.5 Å². The first-order valence-corrected chi connectivity index (χ1v) is 19.9. The zero-order valence-electron chi connectivity index (χ0n) is 32.4. The SMILES string of the molecule is C=Cc1c(C)cc(Cl)c(C2CC2)c1C(=C)C1=C(/C=C\CCC)c2c(N3CCOCC(C)(O)C3)nc(OC)nc2C12CC2.CN.FC1CC2CCCN2C1. The first-order valence-electron chi connectivity index (χ1n) is 19.6. The minimum absolute atomic E-state index is 0.274. The van der Waals surface area contributed by atoms with Crippen LogP contribution in [0.25, 0.3) is 17.2 Å². The highest BCUT2D eigenvalue weighted by Crippen LogP contribution is 2.66. The predicted molar refractivity (Wildman–Crippen MR) is 216 cm³/mol. The van der Waals surface area contributed by atoms with Gasteiger partial charge >= 0.3 is 6.01 Å². The summed E-state index contributed by atoms with van der Waals surface area (Å²) in [7, 11) is 3.12. The highest BCUT2D eigenvalue weighted by Gasteiger charge is 2.57. The summed E-state index contributed by atoms with van der Waals surface area (Å²) in [6.45, 7) is 18.8. The molecule has 53 heavy (non-hydrogen) atoms. The maximum Gasteiger partial charge on any atom is 0.318 e. The van der Waals surface area contributed by atoms with E-state index in [4.69, 9.17) is 37.6 Å². The van der Waals surface area contributed by atoms with Crippen LogP contribution in [0.1, 0.15) is 111 Å². The molecule has 6 aliphatic rings. The third kappa shape index (κ3) is 7.88. The Hall–Kier alpha value is -3.08. The maximum absolute atomic E-state index is 12.6. The predicted octanol–water partition coefficient (Wildman–Crippen LogP) is 8.19. The Bertz CT molecular complexity index is 1750. The van der Waals surface area contributed by atoms with Crippen LogP contribution in [0, 0.1) is 6.92 Å². The van der Waals surface area contributed by atoms with Crippen LogP contribution in [-0.4, -0.2) is 91.3 Å². The molecule has 288 valence electrons. The van der Waals surface area contributed by atoms with Crippen LogP contribution in [0.3, 0.4) is 0 Å². The van der Waals surface area contributed by atoms with E-state index in [9.17, 15) is 9.50 Å². The molecule has 3 unspecified atom stereocenters. The normalized spacial score (nSPS) is 25.7. The van der Waals surface area contributed by atoms with Crippen molar-refractivity contribution in [2.45, 2.75) is 108 Å². The second-order valence-corrected chi connectivity index (χ2v) is 16.2. The molecule has 0 bridgehead atoms. The van der Waals surface area contributed by atoms with Crippen molar-refractivity contribution in [3.8, 4) is 6.01 Å². The van der Waals surface area contributed by atoms with Crippen molar-refractivity contribution >= 4 is 34.6 Å². The summed E-state index contributed by atoms with van der Waals surface area (Å²) in [5.41, 5.74) is 13.1. The quantitative estimate of drug-likeness (QED) is 0.265. The van der Waals surface area contributed by atoms with Crippen LogP contribution >= 0.6 is 11.6 Å². The van der Waals surface area contributed by atoms with Gasteiger partial charge in [-0.05, 0) is 130 Å². The van der Waals surface area contributed by atoms with E-state index in [-0.39, 0.29) is 12.0 Å². The number of nitrogens with two attached hydrogens (primary N) is 1. The summed E-state index contributed by atoms with van der Waals surface area (Å²) in [5.74, 6) is 1.22. The van der Waals surface area contributed by atoms with Crippen LogP contribution in [0.15, 0.2) is 36.9 Å². The number of aryl methyl sites for hydroxylation is 1. The molecule has 1 aromatic carbocycles. The fraction of sp³-hybridized carbons (Fsp3) is 0.581. The monoisotopic (exact) mass is 747 g/mol. The van der Waals surface area contributed by atoms with E-state index >= 15 is 0 Å². The number of methoxy groups -OCH3 is 1. The summed E-state index contributed by atoms with van der Waals surface area (Å²) in [4.78, 5) is 14.4. The van der Waals surface area contributed by atoms with Crippen molar-refractivity contribution in [2.75, 3.05) is 58.5 Å². The minimum atomic E-state index is -1.01. The lowest BCUT2D eigenvalue weighted by atomic mass is 9.81. The van der Waals surface area contributed by atoms with E-state index < -0.39 is 11.8 Å². The fourth-order valence-corrected chi connectivity index (χ4v) is 9.36. The molecule has 2 aromatic rings. The molecule has 3 atom stereocenters. The van der Waals surface area contributed by atoms with Gasteiger partial charge in [-0.3, -0.25) is 4.90 Å². The third-order valence-electron chi connectivity index (χ3n) is 11.6. The van der Waals surface area contributed by atoms with E-state index in [2.05, 4.69) is 54.2 Å². The van der Waals surface area contributed by atoms with Crippen molar-refractivity contribution < 1.29 is 19.0 Å². The molecule has 0 amide bonds. The summed E-state index contributed by atoms with van der Waals surface area (Å²) in [5, 5.41) is 11.9. The van der Waals surface area contributed by atoms with Crippen LogP contribution < -0.4 is 15.4 Å². The Balaban J connectivity index is 0.000000374. The number of halogens is 2. The van der Waals surface area contributed by atoms with Gasteiger partial charge in [0.1, 0.15) is 17.6 Å². The molecule has 3 saturated heterocycles. The lowest BCUT2D eigenvalue weighted by molar-refractivity contribution is -0.0123. The molecule has 0 radical (unpaired) electrons. The molecule has 2 saturated carbocycles. The number of benzene rings is 1. The van der Waals surface area contributed by atoms with Gasteiger partial charge in [0, 0.05) is 35.1 Å². The van der Waals surface area contributed by atoms with Crippen molar-refractivity contribution in [3.63, 3.8) is 0 Å². The Morgan fingerprint density at radius 2 is 1.98 bits per heavy atom. The van der Waals surface area contributed by atoms with Crippen molar-refractivity contribution in [1.82, 2.24) is 14.9 Å². The fourth-order valence-electron chi connectivity index (χ4n) is 8.94.